The normalized spacial score (nSPS) is 13.1. The molecule has 0 bridgehead atoms. The Bertz CT molecular complexity index is 471. The number of hydrogen-bond donors (Lipinski definition) is 0. The van der Waals surface area contributed by atoms with Crippen molar-refractivity contribution in [3.8, 4) is 6.07 Å². The van der Waals surface area contributed by atoms with Crippen LogP contribution in [0.4, 0.5) is 0 Å². The predicted octanol–water partition coefficient (Wildman–Crippen LogP) is 4.42. The summed E-state index contributed by atoms with van der Waals surface area (Å²) in [5.74, 6) is -0.174. The lowest BCUT2D eigenvalue weighted by Crippen LogP contribution is -2.18. The summed E-state index contributed by atoms with van der Waals surface area (Å²) in [7, 11) is 0. The van der Waals surface area contributed by atoms with Crippen molar-refractivity contribution in [3.63, 3.8) is 0 Å². The van der Waals surface area contributed by atoms with E-state index in [9.17, 15) is 10.1 Å². The molecule has 2 nitrogen and oxygen atoms in total. The maximum atomic E-state index is 12.2. The highest BCUT2D eigenvalue weighted by molar-refractivity contribution is 5.88. The second-order valence-corrected chi connectivity index (χ2v) is 6.59. The molecule has 1 atom stereocenters. The summed E-state index contributed by atoms with van der Waals surface area (Å²) in [6.07, 6.45) is 0.428. The Balaban J connectivity index is 2.92. The third-order valence-electron chi connectivity index (χ3n) is 3.09. The number of ketones is 1. The van der Waals surface area contributed by atoms with Gasteiger partial charge in [0.05, 0.1) is 6.07 Å². The SMILES string of the molecule is CC(C)c1ccc(C(C#N)C(=O)CC(C)(C)C)cc1. The zero-order valence-electron chi connectivity index (χ0n) is 12.5. The first-order chi connectivity index (χ1) is 8.74. The summed E-state index contributed by atoms with van der Waals surface area (Å²) < 4.78 is 0. The van der Waals surface area contributed by atoms with Gasteiger partial charge in [-0.1, -0.05) is 58.9 Å². The minimum absolute atomic E-state index is 0.00676. The fraction of sp³-hybridized carbons (Fsp3) is 0.529. The van der Waals surface area contributed by atoms with Crippen LogP contribution in [0, 0.1) is 16.7 Å². The quantitative estimate of drug-likeness (QED) is 0.801. The number of hydrogen-bond acceptors (Lipinski definition) is 2. The van der Waals surface area contributed by atoms with Crippen LogP contribution in [0.1, 0.15) is 64.0 Å². The highest BCUT2D eigenvalue weighted by atomic mass is 16.1. The number of rotatable bonds is 4. The Labute approximate surface area is 116 Å². The number of carbonyl (C=O) groups excluding carboxylic acids is 1. The molecule has 1 rings (SSSR count). The number of nitrogens with zero attached hydrogens (tertiary/aromatic N) is 1. The van der Waals surface area contributed by atoms with Crippen LogP contribution >= 0.6 is 0 Å². The molecule has 0 aliphatic rings. The molecule has 2 heteroatoms. The van der Waals surface area contributed by atoms with E-state index >= 15 is 0 Å². The first kappa shape index (κ1) is 15.4. The number of nitriles is 1. The van der Waals surface area contributed by atoms with Gasteiger partial charge in [-0.2, -0.15) is 5.26 Å². The van der Waals surface area contributed by atoms with Gasteiger partial charge in [0.1, 0.15) is 5.92 Å². The highest BCUT2D eigenvalue weighted by Crippen LogP contribution is 2.26. The van der Waals surface area contributed by atoms with Gasteiger partial charge in [-0.15, -0.1) is 0 Å². The maximum absolute atomic E-state index is 12.2. The average molecular weight is 257 g/mol. The predicted molar refractivity (Wildman–Crippen MR) is 78.0 cm³/mol. The van der Waals surface area contributed by atoms with Crippen molar-refractivity contribution in [2.45, 2.75) is 52.9 Å². The monoisotopic (exact) mass is 257 g/mol. The average Bonchev–Trinajstić information content (AvgIpc) is 2.28. The Morgan fingerprint density at radius 1 is 1.16 bits per heavy atom. The van der Waals surface area contributed by atoms with E-state index in [-0.39, 0.29) is 11.2 Å². The van der Waals surface area contributed by atoms with E-state index in [1.807, 2.05) is 45.0 Å². The Morgan fingerprint density at radius 3 is 2.00 bits per heavy atom. The molecule has 0 aliphatic heterocycles. The lowest BCUT2D eigenvalue weighted by atomic mass is 9.83. The van der Waals surface area contributed by atoms with Gasteiger partial charge in [-0.25, -0.2) is 0 Å². The molecule has 19 heavy (non-hydrogen) atoms. The largest absolute Gasteiger partial charge is 0.298 e. The van der Waals surface area contributed by atoms with Crippen LogP contribution in [0.2, 0.25) is 0 Å². The molecule has 0 fully saturated rings. The van der Waals surface area contributed by atoms with Crippen molar-refractivity contribution in [1.82, 2.24) is 0 Å². The molecule has 0 aliphatic carbocycles. The van der Waals surface area contributed by atoms with Gasteiger partial charge in [0.15, 0.2) is 5.78 Å². The number of carbonyl (C=O) groups is 1. The first-order valence-electron chi connectivity index (χ1n) is 6.77. The van der Waals surface area contributed by atoms with E-state index < -0.39 is 5.92 Å². The van der Waals surface area contributed by atoms with Crippen molar-refractivity contribution in [2.75, 3.05) is 0 Å². The zero-order chi connectivity index (χ0) is 14.6. The number of benzene rings is 1. The molecular formula is C17H23NO. The van der Waals surface area contributed by atoms with Gasteiger partial charge in [0.25, 0.3) is 0 Å². The molecule has 0 saturated carbocycles. The van der Waals surface area contributed by atoms with E-state index in [4.69, 9.17) is 0 Å². The third kappa shape index (κ3) is 4.52. The van der Waals surface area contributed by atoms with Gasteiger partial charge in [0, 0.05) is 6.42 Å². The van der Waals surface area contributed by atoms with Gasteiger partial charge in [-0.05, 0) is 22.5 Å². The summed E-state index contributed by atoms with van der Waals surface area (Å²) in [5, 5.41) is 9.25. The molecule has 0 amide bonds. The molecule has 0 radical (unpaired) electrons. The highest BCUT2D eigenvalue weighted by Gasteiger charge is 2.25. The summed E-state index contributed by atoms with van der Waals surface area (Å²) in [6.45, 7) is 10.3. The van der Waals surface area contributed by atoms with Crippen LogP contribution in [-0.4, -0.2) is 5.78 Å². The molecule has 102 valence electrons. The Hall–Kier alpha value is -1.62. The minimum atomic E-state index is -0.638. The first-order valence-corrected chi connectivity index (χ1v) is 6.77. The second kappa shape index (κ2) is 6.02. The molecule has 0 spiro atoms. The van der Waals surface area contributed by atoms with Crippen molar-refractivity contribution in [1.29, 1.82) is 5.26 Å². The smallest absolute Gasteiger partial charge is 0.154 e. The van der Waals surface area contributed by atoms with Crippen LogP contribution < -0.4 is 0 Å². The molecule has 0 N–H and O–H groups in total. The van der Waals surface area contributed by atoms with Crippen molar-refractivity contribution < 1.29 is 4.79 Å². The maximum Gasteiger partial charge on any atom is 0.154 e. The van der Waals surface area contributed by atoms with Crippen LogP contribution in [0.15, 0.2) is 24.3 Å². The van der Waals surface area contributed by atoms with Crippen molar-refractivity contribution in [3.05, 3.63) is 35.4 Å². The van der Waals surface area contributed by atoms with Crippen molar-refractivity contribution >= 4 is 5.78 Å². The molecular weight excluding hydrogens is 234 g/mol. The lowest BCUT2D eigenvalue weighted by molar-refractivity contribution is -0.121. The Morgan fingerprint density at radius 2 is 1.63 bits per heavy atom. The number of Topliss-reactive ketones (excluding diaryl/α,β-unsaturated/α-hetero) is 1. The van der Waals surface area contributed by atoms with Crippen LogP contribution in [0.25, 0.3) is 0 Å². The summed E-state index contributed by atoms with van der Waals surface area (Å²) >= 11 is 0. The van der Waals surface area contributed by atoms with Crippen LogP contribution in [-0.2, 0) is 4.79 Å². The summed E-state index contributed by atoms with van der Waals surface area (Å²) in [5.41, 5.74) is 1.95. The molecule has 1 unspecified atom stereocenters. The second-order valence-electron chi connectivity index (χ2n) is 6.59. The van der Waals surface area contributed by atoms with Gasteiger partial charge >= 0.3 is 0 Å². The zero-order valence-corrected chi connectivity index (χ0v) is 12.5. The van der Waals surface area contributed by atoms with Crippen molar-refractivity contribution in [2.24, 2.45) is 5.41 Å². The molecule has 0 saturated heterocycles. The summed E-state index contributed by atoms with van der Waals surface area (Å²) in [4.78, 5) is 12.2. The molecule has 0 heterocycles. The molecule has 1 aromatic carbocycles. The van der Waals surface area contributed by atoms with Gasteiger partial charge in [0.2, 0.25) is 0 Å². The fourth-order valence-electron chi connectivity index (χ4n) is 2.03. The van der Waals surface area contributed by atoms with E-state index in [1.54, 1.807) is 0 Å². The minimum Gasteiger partial charge on any atom is -0.298 e. The molecule has 1 aromatic rings. The molecule has 0 aromatic heterocycles. The lowest BCUT2D eigenvalue weighted by Gasteiger charge is -2.19. The van der Waals surface area contributed by atoms with E-state index in [2.05, 4.69) is 19.9 Å². The Kier molecular flexibility index (Phi) is 4.89. The standard InChI is InChI=1S/C17H23NO/c1-12(2)13-6-8-14(9-7-13)15(11-18)16(19)10-17(3,4)5/h6-9,12,15H,10H2,1-5H3. The third-order valence-corrected chi connectivity index (χ3v) is 3.09. The van der Waals surface area contributed by atoms with Gasteiger partial charge < -0.3 is 0 Å². The van der Waals surface area contributed by atoms with E-state index in [0.29, 0.717) is 12.3 Å². The van der Waals surface area contributed by atoms with Crippen LogP contribution in [0.3, 0.4) is 0 Å². The van der Waals surface area contributed by atoms with Gasteiger partial charge in [-0.3, -0.25) is 4.79 Å². The van der Waals surface area contributed by atoms with E-state index in [0.717, 1.165) is 5.56 Å². The van der Waals surface area contributed by atoms with Crippen LogP contribution in [0.5, 0.6) is 0 Å². The summed E-state index contributed by atoms with van der Waals surface area (Å²) in [6, 6.07) is 9.97. The van der Waals surface area contributed by atoms with E-state index in [1.165, 1.54) is 5.56 Å². The fourth-order valence-corrected chi connectivity index (χ4v) is 2.03. The topological polar surface area (TPSA) is 40.9 Å².